The molecular formula is C18H20NO2P. The van der Waals surface area contributed by atoms with Gasteiger partial charge in [-0.25, -0.2) is 4.79 Å². The average Bonchev–Trinajstić information content (AvgIpc) is 2.60. The molecule has 4 heteroatoms. The zero-order valence-electron chi connectivity index (χ0n) is 12.7. The fourth-order valence-corrected chi connectivity index (χ4v) is 5.77. The number of hydrogen-bond donors (Lipinski definition) is 0. The predicted octanol–water partition coefficient (Wildman–Crippen LogP) is 4.18. The highest BCUT2D eigenvalue weighted by Crippen LogP contribution is 2.48. The van der Waals surface area contributed by atoms with E-state index >= 15 is 0 Å². The molecule has 0 spiro atoms. The smallest absolute Gasteiger partial charge is 0.432 e. The summed E-state index contributed by atoms with van der Waals surface area (Å²) in [4.78, 5) is 12.0. The fraction of sp³-hybridized carbons (Fsp3) is 0.167. The lowest BCUT2D eigenvalue weighted by Gasteiger charge is -2.24. The maximum atomic E-state index is 12.0. The van der Waals surface area contributed by atoms with Crippen molar-refractivity contribution in [3.8, 4) is 0 Å². The van der Waals surface area contributed by atoms with Crippen LogP contribution in [0.15, 0.2) is 78.1 Å². The van der Waals surface area contributed by atoms with Crippen molar-refractivity contribution in [3.05, 3.63) is 73.3 Å². The van der Waals surface area contributed by atoms with Gasteiger partial charge in [-0.2, -0.15) is 4.74 Å². The Bertz CT molecular complexity index is 637. The molecule has 114 valence electrons. The lowest BCUT2D eigenvalue weighted by atomic mass is 10.4. The van der Waals surface area contributed by atoms with Crippen molar-refractivity contribution in [1.82, 2.24) is 0 Å². The van der Waals surface area contributed by atoms with Gasteiger partial charge in [-0.1, -0.05) is 66.7 Å². The molecule has 0 bridgehead atoms. The number of amides is 1. The molecule has 1 amide bonds. The zero-order chi connectivity index (χ0) is 15.8. The number of rotatable bonds is 5. The monoisotopic (exact) mass is 313 g/mol. The molecule has 0 atom stereocenters. The first kappa shape index (κ1) is 16.3. The molecule has 0 unspecified atom stereocenters. The third kappa shape index (κ3) is 3.55. The molecule has 0 aliphatic rings. The lowest BCUT2D eigenvalue weighted by Crippen LogP contribution is -2.20. The van der Waals surface area contributed by atoms with Crippen molar-refractivity contribution in [2.45, 2.75) is 6.42 Å². The van der Waals surface area contributed by atoms with E-state index in [4.69, 9.17) is 4.74 Å². The van der Waals surface area contributed by atoms with Crippen LogP contribution in [0.2, 0.25) is 0 Å². The van der Waals surface area contributed by atoms with Crippen LogP contribution in [0.1, 0.15) is 6.42 Å². The summed E-state index contributed by atoms with van der Waals surface area (Å²) in [5.41, 5.74) is 0. The number of ether oxygens (including phenoxy) is 1. The molecule has 0 aliphatic heterocycles. The molecule has 0 saturated heterocycles. The van der Waals surface area contributed by atoms with Crippen LogP contribution in [0, 0.1) is 0 Å². The normalized spacial score (nSPS) is 10.8. The van der Waals surface area contributed by atoms with Crippen molar-refractivity contribution < 1.29 is 9.53 Å². The number of carbonyl (C=O) groups is 1. The molecule has 0 heterocycles. The minimum Gasteiger partial charge on any atom is -0.451 e. The molecule has 0 aliphatic carbocycles. The molecule has 0 N–H and O–H groups in total. The molecule has 3 nitrogen and oxygen atoms in total. The predicted molar refractivity (Wildman–Crippen MR) is 93.6 cm³/mol. The second-order valence-corrected chi connectivity index (χ2v) is 8.03. The molecular weight excluding hydrogens is 293 g/mol. The van der Waals surface area contributed by atoms with Gasteiger partial charge < -0.3 is 4.74 Å². The van der Waals surface area contributed by atoms with E-state index in [0.717, 1.165) is 23.2 Å². The van der Waals surface area contributed by atoms with E-state index in [9.17, 15) is 4.79 Å². The van der Waals surface area contributed by atoms with Crippen molar-refractivity contribution in [3.63, 3.8) is 0 Å². The molecule has 22 heavy (non-hydrogen) atoms. The van der Waals surface area contributed by atoms with Crippen molar-refractivity contribution in [2.24, 2.45) is 4.74 Å². The van der Waals surface area contributed by atoms with Gasteiger partial charge in [-0.05, 0) is 23.2 Å². The number of methoxy groups -OCH3 is 1. The number of benzene rings is 2. The number of allylic oxidation sites excluding steroid dienone is 1. The van der Waals surface area contributed by atoms with Gasteiger partial charge in [-0.15, -0.1) is 6.58 Å². The average molecular weight is 313 g/mol. The second kappa shape index (κ2) is 7.77. The number of carbonyl (C=O) groups excluding carboxylic acids is 1. The Morgan fingerprint density at radius 2 is 1.59 bits per heavy atom. The van der Waals surface area contributed by atoms with Crippen molar-refractivity contribution in [2.75, 3.05) is 13.3 Å². The van der Waals surface area contributed by atoms with Crippen LogP contribution in [-0.4, -0.2) is 19.4 Å². The maximum absolute atomic E-state index is 12.0. The second-order valence-electron chi connectivity index (χ2n) is 4.81. The van der Waals surface area contributed by atoms with E-state index in [2.05, 4.69) is 11.3 Å². The minimum absolute atomic E-state index is 0.523. The van der Waals surface area contributed by atoms with E-state index in [-0.39, 0.29) is 0 Å². The summed E-state index contributed by atoms with van der Waals surface area (Å²) < 4.78 is 9.33. The molecule has 0 aromatic heterocycles. The first-order valence-electron chi connectivity index (χ1n) is 7.14. The molecule has 2 aromatic rings. The van der Waals surface area contributed by atoms with Crippen LogP contribution in [0.3, 0.4) is 0 Å². The largest absolute Gasteiger partial charge is 0.451 e. The maximum Gasteiger partial charge on any atom is 0.432 e. The minimum atomic E-state index is -2.21. The van der Waals surface area contributed by atoms with E-state index in [1.165, 1.54) is 7.11 Å². The number of hydrogen-bond acceptors (Lipinski definition) is 2. The summed E-state index contributed by atoms with van der Waals surface area (Å²) in [5, 5.41) is 2.15. The van der Waals surface area contributed by atoms with Crippen molar-refractivity contribution in [1.29, 1.82) is 0 Å². The highest BCUT2D eigenvalue weighted by atomic mass is 31.2. The first-order chi connectivity index (χ1) is 10.7. The van der Waals surface area contributed by atoms with Crippen LogP contribution in [-0.2, 0) is 4.74 Å². The van der Waals surface area contributed by atoms with Crippen molar-refractivity contribution >= 4 is 23.8 Å². The lowest BCUT2D eigenvalue weighted by molar-refractivity contribution is 0.183. The standard InChI is InChI=1S/C18H20NO2P/c1-3-4-15-22(19-18(20)21-2,16-11-7-5-8-12-16)17-13-9-6-10-14-17/h3,5-14H,1,4,15H2,2H3. The third-order valence-corrected chi connectivity index (χ3v) is 7.17. The summed E-state index contributed by atoms with van der Waals surface area (Å²) in [6.07, 6.45) is 2.90. The highest BCUT2D eigenvalue weighted by Gasteiger charge is 2.25. The summed E-state index contributed by atoms with van der Waals surface area (Å²) in [7, 11) is -0.846. The van der Waals surface area contributed by atoms with Crippen LogP contribution < -0.4 is 10.6 Å². The summed E-state index contributed by atoms with van der Waals surface area (Å²) >= 11 is 0. The van der Waals surface area contributed by atoms with Gasteiger partial charge in [0.2, 0.25) is 0 Å². The fourth-order valence-electron chi connectivity index (χ4n) is 2.38. The Labute approximate surface area is 131 Å². The summed E-state index contributed by atoms with van der Waals surface area (Å²) in [5.74, 6) is 0. The Kier molecular flexibility index (Phi) is 5.74. The van der Waals surface area contributed by atoms with Crippen LogP contribution in [0.4, 0.5) is 4.79 Å². The Morgan fingerprint density at radius 1 is 1.09 bits per heavy atom. The Balaban J connectivity index is 2.72. The molecule has 0 saturated carbocycles. The summed E-state index contributed by atoms with van der Waals surface area (Å²) in [6, 6.07) is 20.0. The SMILES string of the molecule is C=CCCP(=NC(=O)OC)(c1ccccc1)c1ccccc1. The van der Waals surface area contributed by atoms with Crippen LogP contribution >= 0.6 is 7.05 Å². The molecule has 2 aromatic carbocycles. The molecule has 0 radical (unpaired) electrons. The van der Waals surface area contributed by atoms with Crippen LogP contribution in [0.25, 0.3) is 0 Å². The van der Waals surface area contributed by atoms with Crippen LogP contribution in [0.5, 0.6) is 0 Å². The first-order valence-corrected chi connectivity index (χ1v) is 9.07. The third-order valence-electron chi connectivity index (χ3n) is 3.45. The van der Waals surface area contributed by atoms with Gasteiger partial charge in [-0.3, -0.25) is 0 Å². The van der Waals surface area contributed by atoms with Gasteiger partial charge in [0, 0.05) is 7.05 Å². The van der Waals surface area contributed by atoms with Gasteiger partial charge in [0.15, 0.2) is 0 Å². The number of nitrogens with zero attached hydrogens (tertiary/aromatic N) is 1. The quantitative estimate of drug-likeness (QED) is 0.613. The Hall–Kier alpha value is -2.12. The Morgan fingerprint density at radius 3 is 2.00 bits per heavy atom. The van der Waals surface area contributed by atoms with Gasteiger partial charge >= 0.3 is 6.09 Å². The summed E-state index contributed by atoms with van der Waals surface area (Å²) in [6.45, 7) is 3.81. The van der Waals surface area contributed by atoms with Gasteiger partial charge in [0.25, 0.3) is 0 Å². The molecule has 2 rings (SSSR count). The van der Waals surface area contributed by atoms with Gasteiger partial charge in [0.05, 0.1) is 7.11 Å². The van der Waals surface area contributed by atoms with E-state index < -0.39 is 13.1 Å². The van der Waals surface area contributed by atoms with E-state index in [1.54, 1.807) is 0 Å². The van der Waals surface area contributed by atoms with E-state index in [0.29, 0.717) is 0 Å². The van der Waals surface area contributed by atoms with Gasteiger partial charge in [0.1, 0.15) is 0 Å². The highest BCUT2D eigenvalue weighted by molar-refractivity contribution is 7.81. The molecule has 0 fully saturated rings. The van der Waals surface area contributed by atoms with E-state index in [1.807, 2.05) is 66.7 Å². The topological polar surface area (TPSA) is 38.7 Å². The zero-order valence-corrected chi connectivity index (χ0v) is 13.6.